The van der Waals surface area contributed by atoms with Crippen molar-refractivity contribution in [1.29, 1.82) is 0 Å². The molecule has 4 saturated heterocycles. The first kappa shape index (κ1) is 68.0. The van der Waals surface area contributed by atoms with Gasteiger partial charge in [-0.2, -0.15) is 0 Å². The number of aliphatic hydroxyl groups excluding tert-OH is 1. The number of aliphatic hydroxyl groups is 1. The highest BCUT2D eigenvalue weighted by molar-refractivity contribution is 8.00. The van der Waals surface area contributed by atoms with E-state index in [0.29, 0.717) is 45.8 Å². The average Bonchev–Trinajstić information content (AvgIpc) is 1.92. The van der Waals surface area contributed by atoms with Crippen molar-refractivity contribution in [2.24, 2.45) is 29.6 Å². The number of aromatic nitrogens is 1. The molecule has 22 heteroatoms. The summed E-state index contributed by atoms with van der Waals surface area (Å²) in [5.74, 6) is -4.54. The SMILES string of the molecule is CC[C@H]1OC(=O)[C@H](C)[C@@H](O[C@H]2C[C@@](C)(OC)[C@@H](O)[C@H](C)O2)[C@H](C)[C@@H](O[C@@H]2O[C@H](C)C[C@H](N(C)C)[C@H]2OC(C)=O)[C@](C)(OC)C[C@@H](C)C(=O)[C@H](C)[C@H]2[C@H](SCCN(Cc3c(Cl)cncc3Cl)c3ccc(OC)c(OC4CCCC4)c3)C(=O)O[C@@]21C. The van der Waals surface area contributed by atoms with E-state index in [-0.39, 0.29) is 49.8 Å². The lowest BCUT2D eigenvalue weighted by atomic mass is 9.70. The third-order valence-corrected chi connectivity index (χ3v) is 20.5. The zero-order valence-electron chi connectivity index (χ0n) is 52.1. The number of benzene rings is 1. The second kappa shape index (κ2) is 28.7. The molecule has 0 radical (unpaired) electrons. The summed E-state index contributed by atoms with van der Waals surface area (Å²) in [5.41, 5.74) is -2.47. The summed E-state index contributed by atoms with van der Waals surface area (Å²) in [7, 11) is 8.47. The Morgan fingerprint density at radius 3 is 2.14 bits per heavy atom. The Morgan fingerprint density at radius 2 is 1.54 bits per heavy atom. The van der Waals surface area contributed by atoms with E-state index >= 15 is 9.59 Å². The van der Waals surface area contributed by atoms with Crippen molar-refractivity contribution in [3.63, 3.8) is 0 Å². The van der Waals surface area contributed by atoms with Crippen LogP contribution in [0.4, 0.5) is 5.69 Å². The lowest BCUT2D eigenvalue weighted by Gasteiger charge is -2.50. The van der Waals surface area contributed by atoms with Gasteiger partial charge in [0.1, 0.15) is 23.2 Å². The van der Waals surface area contributed by atoms with E-state index in [1.54, 1.807) is 54.3 Å². The lowest BCUT2D eigenvalue weighted by molar-refractivity contribution is -0.320. The van der Waals surface area contributed by atoms with Crippen LogP contribution in [-0.4, -0.2) is 176 Å². The predicted octanol–water partition coefficient (Wildman–Crippen LogP) is 9.67. The number of likely N-dealkylation sites (N-methyl/N-ethyl adjacent to an activating group) is 1. The van der Waals surface area contributed by atoms with Gasteiger partial charge in [-0.25, -0.2) is 0 Å². The predicted molar refractivity (Wildman–Crippen MR) is 319 cm³/mol. The summed E-state index contributed by atoms with van der Waals surface area (Å²) in [4.78, 5) is 66.9. The Hall–Kier alpha value is -3.54. The number of halogens is 2. The zero-order chi connectivity index (χ0) is 61.7. The van der Waals surface area contributed by atoms with Crippen LogP contribution in [-0.2, 0) is 68.4 Å². The van der Waals surface area contributed by atoms with Gasteiger partial charge in [0.25, 0.3) is 0 Å². The van der Waals surface area contributed by atoms with Gasteiger partial charge in [-0.15, -0.1) is 11.8 Å². The van der Waals surface area contributed by atoms with Gasteiger partial charge in [-0.1, -0.05) is 50.9 Å². The standard InChI is InChI=1S/C62H93Cl2N3O16S/c1-17-48-62(11)50(54(58(72)83-62)84-25-24-67(32-42-43(63)30-65-31-44(42)64)40-22-23-46(73-14)47(27-40)79-41-20-18-19-21-41)35(4)51(69)33(2)28-61(10,75-16)56(82-59-53(78-39(8)68)45(66(12)13)26-34(3)76-59)36(5)52(37(6)57(71)80-48)81-49-29-60(9,74-15)55(70)38(7)77-49/h22-23,27,30-31,33-38,41,45,48-50,52-56,59,70H,17-21,24-26,28-29,32H2,1-16H3/t33-,34-,35-,36+,37-,38+,45+,48-,49+,50+,52+,53-,54+,55+,56-,59+,60-,61-,62-/m1/s1. The molecule has 5 aliphatic rings. The van der Waals surface area contributed by atoms with Crippen LogP contribution >= 0.6 is 35.0 Å². The second-order valence-electron chi connectivity index (χ2n) is 24.8. The summed E-state index contributed by atoms with van der Waals surface area (Å²) in [6.07, 6.45) is -0.121. The molecule has 19 nitrogen and oxygen atoms in total. The molecular formula is C62H93Cl2N3O16S. The summed E-state index contributed by atoms with van der Waals surface area (Å²) >= 11 is 14.9. The molecule has 1 aliphatic carbocycles. The Kier molecular flexibility index (Phi) is 23.3. The minimum absolute atomic E-state index is 0.0597. The van der Waals surface area contributed by atoms with Gasteiger partial charge in [-0.3, -0.25) is 24.2 Å². The fourth-order valence-electron chi connectivity index (χ4n) is 13.7. The Bertz CT molecular complexity index is 2560. The highest BCUT2D eigenvalue weighted by atomic mass is 35.5. The quantitative estimate of drug-likeness (QED) is 0.102. The molecule has 5 fully saturated rings. The van der Waals surface area contributed by atoms with Gasteiger partial charge in [0.15, 0.2) is 35.8 Å². The van der Waals surface area contributed by atoms with E-state index < -0.39 is 119 Å². The Balaban J connectivity index is 1.28. The molecule has 5 heterocycles. The summed E-state index contributed by atoms with van der Waals surface area (Å²) < 4.78 is 71.2. The maximum Gasteiger partial charge on any atom is 0.320 e. The number of methoxy groups -OCH3 is 3. The number of hydrogen-bond acceptors (Lipinski definition) is 20. The fraction of sp³-hybridized carbons (Fsp3) is 0.758. The number of fused-ring (bicyclic) bond motifs is 1. The molecule has 0 amide bonds. The number of carbonyl (C=O) groups excluding carboxylic acids is 4. The fourth-order valence-corrected chi connectivity index (χ4v) is 15.7. The summed E-state index contributed by atoms with van der Waals surface area (Å²) in [6, 6.07) is 5.46. The summed E-state index contributed by atoms with van der Waals surface area (Å²) in [5, 5.41) is 11.2. The molecule has 1 N–H and O–H groups in total. The number of carbonyl (C=O) groups is 4. The molecule has 84 heavy (non-hydrogen) atoms. The van der Waals surface area contributed by atoms with Crippen molar-refractivity contribution >= 4 is 64.3 Å². The average molecular weight is 1240 g/mol. The molecule has 19 atom stereocenters. The van der Waals surface area contributed by atoms with Crippen molar-refractivity contribution in [2.75, 3.05) is 52.6 Å². The first-order chi connectivity index (χ1) is 39.6. The lowest BCUT2D eigenvalue weighted by Crippen LogP contribution is -2.61. The maximum atomic E-state index is 15.6. The van der Waals surface area contributed by atoms with Crippen molar-refractivity contribution < 1.29 is 76.4 Å². The molecule has 2 aromatic rings. The molecule has 0 spiro atoms. The molecule has 0 bridgehead atoms. The first-order valence-corrected chi connectivity index (χ1v) is 31.6. The van der Waals surface area contributed by atoms with Crippen LogP contribution in [0.5, 0.6) is 11.5 Å². The molecule has 1 saturated carbocycles. The molecule has 4 aliphatic heterocycles. The van der Waals surface area contributed by atoms with Gasteiger partial charge < -0.3 is 67.0 Å². The van der Waals surface area contributed by atoms with Crippen LogP contribution in [0, 0.1) is 29.6 Å². The zero-order valence-corrected chi connectivity index (χ0v) is 54.4. The van der Waals surface area contributed by atoms with Crippen LogP contribution in [0.3, 0.4) is 0 Å². The van der Waals surface area contributed by atoms with Gasteiger partial charge in [-0.05, 0) is 113 Å². The normalized spacial score (nSPS) is 37.3. The molecular weight excluding hydrogens is 1150 g/mol. The third kappa shape index (κ3) is 14.9. The number of ether oxygens (including phenoxy) is 11. The summed E-state index contributed by atoms with van der Waals surface area (Å²) in [6.45, 7) is 20.2. The Labute approximate surface area is 511 Å². The van der Waals surface area contributed by atoms with Crippen molar-refractivity contribution in [3.05, 3.63) is 46.2 Å². The van der Waals surface area contributed by atoms with Crippen LogP contribution in [0.15, 0.2) is 30.6 Å². The van der Waals surface area contributed by atoms with Crippen LogP contribution in [0.1, 0.15) is 133 Å². The van der Waals surface area contributed by atoms with Crippen LogP contribution < -0.4 is 14.4 Å². The second-order valence-corrected chi connectivity index (χ2v) is 26.9. The third-order valence-electron chi connectivity index (χ3n) is 18.6. The van der Waals surface area contributed by atoms with Crippen LogP contribution in [0.2, 0.25) is 10.0 Å². The topological polar surface area (TPSA) is 209 Å². The number of pyridine rings is 1. The minimum Gasteiger partial charge on any atom is -0.493 e. The number of nitrogens with zero attached hydrogens (tertiary/aromatic N) is 3. The maximum absolute atomic E-state index is 15.6. The van der Waals surface area contributed by atoms with Gasteiger partial charge in [0, 0.05) is 99.8 Å². The smallest absolute Gasteiger partial charge is 0.320 e. The van der Waals surface area contributed by atoms with Gasteiger partial charge in [0.2, 0.25) is 0 Å². The number of cyclic esters (lactones) is 1. The monoisotopic (exact) mass is 1240 g/mol. The number of thioether (sulfide) groups is 1. The number of rotatable bonds is 19. The molecule has 1 aromatic carbocycles. The molecule has 7 rings (SSSR count). The van der Waals surface area contributed by atoms with Crippen molar-refractivity contribution in [2.45, 2.75) is 224 Å². The van der Waals surface area contributed by atoms with Crippen molar-refractivity contribution in [3.8, 4) is 11.5 Å². The number of anilines is 1. The van der Waals surface area contributed by atoms with Gasteiger partial charge >= 0.3 is 17.9 Å². The first-order valence-electron chi connectivity index (χ1n) is 29.8. The molecule has 0 unspecified atom stereocenters. The Morgan fingerprint density at radius 1 is 0.869 bits per heavy atom. The largest absolute Gasteiger partial charge is 0.493 e. The van der Waals surface area contributed by atoms with E-state index in [4.69, 9.17) is 75.3 Å². The number of esters is 3. The van der Waals surface area contributed by atoms with Crippen LogP contribution in [0.25, 0.3) is 0 Å². The molecule has 472 valence electrons. The number of hydrogen-bond donors (Lipinski definition) is 1. The highest BCUT2D eigenvalue weighted by Gasteiger charge is 2.62. The van der Waals surface area contributed by atoms with Gasteiger partial charge in [0.05, 0.1) is 70.8 Å². The van der Waals surface area contributed by atoms with Crippen molar-refractivity contribution in [1.82, 2.24) is 9.88 Å². The number of ketones is 1. The van der Waals surface area contributed by atoms with E-state index in [2.05, 4.69) is 9.88 Å². The van der Waals surface area contributed by atoms with E-state index in [9.17, 15) is 14.7 Å². The minimum atomic E-state index is -1.49. The molecule has 1 aromatic heterocycles. The van der Waals surface area contributed by atoms with E-state index in [1.165, 1.54) is 25.8 Å². The highest BCUT2D eigenvalue weighted by Crippen LogP contribution is 2.50. The van der Waals surface area contributed by atoms with E-state index in [1.807, 2.05) is 78.7 Å². The number of Topliss-reactive ketones (excluding diaryl/α,β-unsaturated/α-hetero) is 1. The van der Waals surface area contributed by atoms with E-state index in [0.717, 1.165) is 31.4 Å².